The minimum atomic E-state index is -0.239. The van der Waals surface area contributed by atoms with E-state index in [2.05, 4.69) is 15.4 Å². The topological polar surface area (TPSA) is 59.8 Å². The van der Waals surface area contributed by atoms with Gasteiger partial charge in [-0.3, -0.25) is 4.79 Å². The largest absolute Gasteiger partial charge is 0.345 e. The van der Waals surface area contributed by atoms with Gasteiger partial charge in [-0.25, -0.2) is 9.67 Å². The molecule has 1 amide bonds. The molecule has 2 heterocycles. The van der Waals surface area contributed by atoms with E-state index in [1.165, 1.54) is 0 Å². The average molecular weight is 333 g/mol. The first-order chi connectivity index (χ1) is 10.6. The summed E-state index contributed by atoms with van der Waals surface area (Å²) in [4.78, 5) is 16.4. The van der Waals surface area contributed by atoms with E-state index in [0.29, 0.717) is 17.3 Å². The molecule has 0 aliphatic heterocycles. The lowest BCUT2D eigenvalue weighted by Gasteiger charge is -2.03. The Morgan fingerprint density at radius 1 is 1.36 bits per heavy atom. The van der Waals surface area contributed by atoms with Gasteiger partial charge in [-0.05, 0) is 25.1 Å². The van der Waals surface area contributed by atoms with Crippen LogP contribution in [0.25, 0.3) is 5.69 Å². The molecule has 22 heavy (non-hydrogen) atoms. The van der Waals surface area contributed by atoms with Crippen LogP contribution in [-0.4, -0.2) is 20.7 Å². The van der Waals surface area contributed by atoms with Gasteiger partial charge in [0.2, 0.25) is 0 Å². The van der Waals surface area contributed by atoms with Crippen molar-refractivity contribution >= 4 is 28.8 Å². The molecule has 0 aliphatic carbocycles. The Morgan fingerprint density at radius 2 is 2.18 bits per heavy atom. The van der Waals surface area contributed by atoms with Gasteiger partial charge in [-0.2, -0.15) is 5.10 Å². The van der Waals surface area contributed by atoms with E-state index in [-0.39, 0.29) is 5.91 Å². The Morgan fingerprint density at radius 3 is 2.91 bits per heavy atom. The molecular weight excluding hydrogens is 320 g/mol. The molecular formula is C15H13ClN4OS. The van der Waals surface area contributed by atoms with Crippen molar-refractivity contribution in [1.82, 2.24) is 20.1 Å². The molecule has 0 bridgehead atoms. The third-order valence-corrected chi connectivity index (χ3v) is 4.16. The summed E-state index contributed by atoms with van der Waals surface area (Å²) in [6, 6.07) is 8.99. The smallest absolute Gasteiger partial charge is 0.272 e. The highest BCUT2D eigenvalue weighted by Crippen LogP contribution is 2.19. The highest BCUT2D eigenvalue weighted by Gasteiger charge is 2.11. The van der Waals surface area contributed by atoms with Crippen LogP contribution >= 0.6 is 22.9 Å². The molecule has 0 unspecified atom stereocenters. The Hall–Kier alpha value is -2.18. The standard InChI is InChI=1S/C15H13ClN4OS/c1-10-18-11(9-22-10)8-17-15(21)13-6-7-20(19-13)14-5-3-2-4-12(14)16/h2-7,9H,8H2,1H3,(H,17,21). The van der Waals surface area contributed by atoms with E-state index in [0.717, 1.165) is 16.4 Å². The summed E-state index contributed by atoms with van der Waals surface area (Å²) >= 11 is 7.68. The molecule has 0 saturated carbocycles. The van der Waals surface area contributed by atoms with Crippen LogP contribution in [0.5, 0.6) is 0 Å². The Balaban J connectivity index is 1.70. The number of thiazole rings is 1. The number of amides is 1. The minimum absolute atomic E-state index is 0.239. The van der Waals surface area contributed by atoms with Gasteiger partial charge in [0, 0.05) is 11.6 Å². The number of nitrogens with one attached hydrogen (secondary N) is 1. The number of aromatic nitrogens is 3. The lowest BCUT2D eigenvalue weighted by Crippen LogP contribution is -2.23. The number of benzene rings is 1. The molecule has 0 atom stereocenters. The van der Waals surface area contributed by atoms with Crippen LogP contribution in [0.3, 0.4) is 0 Å². The van der Waals surface area contributed by atoms with Gasteiger partial charge in [0.15, 0.2) is 5.69 Å². The molecule has 3 aromatic rings. The lowest BCUT2D eigenvalue weighted by atomic mass is 10.3. The SMILES string of the molecule is Cc1nc(CNC(=O)c2ccn(-c3ccccc3Cl)n2)cs1. The van der Waals surface area contributed by atoms with Gasteiger partial charge >= 0.3 is 0 Å². The number of carbonyl (C=O) groups is 1. The quantitative estimate of drug-likeness (QED) is 0.798. The highest BCUT2D eigenvalue weighted by molar-refractivity contribution is 7.09. The molecule has 0 radical (unpaired) electrons. The van der Waals surface area contributed by atoms with Crippen molar-refractivity contribution < 1.29 is 4.79 Å². The molecule has 0 aliphatic rings. The van der Waals surface area contributed by atoms with E-state index in [1.807, 2.05) is 30.5 Å². The van der Waals surface area contributed by atoms with Gasteiger partial charge in [0.05, 0.1) is 28.0 Å². The number of aryl methyl sites for hydroxylation is 1. The van der Waals surface area contributed by atoms with Crippen molar-refractivity contribution in [2.45, 2.75) is 13.5 Å². The molecule has 0 spiro atoms. The van der Waals surface area contributed by atoms with E-state index >= 15 is 0 Å². The van der Waals surface area contributed by atoms with E-state index < -0.39 is 0 Å². The van der Waals surface area contributed by atoms with Crippen LogP contribution in [0, 0.1) is 6.92 Å². The van der Waals surface area contributed by atoms with E-state index in [1.54, 1.807) is 34.3 Å². The Labute approximate surface area is 136 Å². The third kappa shape index (κ3) is 3.18. The second-order valence-corrected chi connectivity index (χ2v) is 6.11. The molecule has 112 valence electrons. The summed E-state index contributed by atoms with van der Waals surface area (Å²) in [5, 5.41) is 10.6. The van der Waals surface area contributed by atoms with Crippen molar-refractivity contribution in [3.63, 3.8) is 0 Å². The fourth-order valence-corrected chi connectivity index (χ4v) is 2.80. The summed E-state index contributed by atoms with van der Waals surface area (Å²) in [5.41, 5.74) is 1.92. The maximum absolute atomic E-state index is 12.1. The Kier molecular flexibility index (Phi) is 4.22. The van der Waals surface area contributed by atoms with Crippen molar-refractivity contribution in [2.24, 2.45) is 0 Å². The number of hydrogen-bond acceptors (Lipinski definition) is 4. The first-order valence-electron chi connectivity index (χ1n) is 6.63. The summed E-state index contributed by atoms with van der Waals surface area (Å²) < 4.78 is 1.59. The number of nitrogens with zero attached hydrogens (tertiary/aromatic N) is 3. The summed E-state index contributed by atoms with van der Waals surface area (Å²) in [7, 11) is 0. The van der Waals surface area contributed by atoms with Crippen molar-refractivity contribution in [1.29, 1.82) is 0 Å². The van der Waals surface area contributed by atoms with Crippen LogP contribution in [0.1, 0.15) is 21.2 Å². The van der Waals surface area contributed by atoms with E-state index in [9.17, 15) is 4.79 Å². The number of carbonyl (C=O) groups excluding carboxylic acids is 1. The van der Waals surface area contributed by atoms with Crippen molar-refractivity contribution in [2.75, 3.05) is 0 Å². The fraction of sp³-hybridized carbons (Fsp3) is 0.133. The zero-order valence-corrected chi connectivity index (χ0v) is 13.4. The predicted octanol–water partition coefficient (Wildman–Crippen LogP) is 3.22. The predicted molar refractivity (Wildman–Crippen MR) is 86.6 cm³/mol. The fourth-order valence-electron chi connectivity index (χ4n) is 1.97. The first-order valence-corrected chi connectivity index (χ1v) is 7.89. The summed E-state index contributed by atoms with van der Waals surface area (Å²) in [5.74, 6) is -0.239. The average Bonchev–Trinajstić information content (AvgIpc) is 3.14. The van der Waals surface area contributed by atoms with Gasteiger partial charge in [-0.1, -0.05) is 23.7 Å². The van der Waals surface area contributed by atoms with Crippen LogP contribution in [0.2, 0.25) is 5.02 Å². The zero-order valence-electron chi connectivity index (χ0n) is 11.8. The van der Waals surface area contributed by atoms with Crippen LogP contribution in [0.4, 0.5) is 0 Å². The maximum Gasteiger partial charge on any atom is 0.272 e. The van der Waals surface area contributed by atoms with E-state index in [4.69, 9.17) is 11.6 Å². The highest BCUT2D eigenvalue weighted by atomic mass is 35.5. The number of rotatable bonds is 4. The lowest BCUT2D eigenvalue weighted by molar-refractivity contribution is 0.0945. The van der Waals surface area contributed by atoms with Crippen LogP contribution in [0.15, 0.2) is 41.9 Å². The molecule has 3 rings (SSSR count). The van der Waals surface area contributed by atoms with Crippen LogP contribution < -0.4 is 5.32 Å². The number of para-hydroxylation sites is 1. The molecule has 2 aromatic heterocycles. The molecule has 5 nitrogen and oxygen atoms in total. The molecule has 1 N–H and O–H groups in total. The number of hydrogen-bond donors (Lipinski definition) is 1. The van der Waals surface area contributed by atoms with Gasteiger partial charge in [-0.15, -0.1) is 11.3 Å². The second kappa shape index (κ2) is 6.29. The van der Waals surface area contributed by atoms with Gasteiger partial charge < -0.3 is 5.32 Å². The molecule has 0 fully saturated rings. The normalized spacial score (nSPS) is 10.6. The van der Waals surface area contributed by atoms with Gasteiger partial charge in [0.1, 0.15) is 0 Å². The van der Waals surface area contributed by atoms with Crippen LogP contribution in [-0.2, 0) is 6.54 Å². The van der Waals surface area contributed by atoms with Gasteiger partial charge in [0.25, 0.3) is 5.91 Å². The minimum Gasteiger partial charge on any atom is -0.345 e. The maximum atomic E-state index is 12.1. The second-order valence-electron chi connectivity index (χ2n) is 4.64. The first kappa shape index (κ1) is 14.7. The number of halogens is 1. The monoisotopic (exact) mass is 332 g/mol. The van der Waals surface area contributed by atoms with Crippen molar-refractivity contribution in [3.8, 4) is 5.69 Å². The molecule has 0 saturated heterocycles. The Bertz CT molecular complexity index is 811. The summed E-state index contributed by atoms with van der Waals surface area (Å²) in [6.07, 6.45) is 1.71. The van der Waals surface area contributed by atoms with Crippen molar-refractivity contribution in [3.05, 3.63) is 63.3 Å². The zero-order chi connectivity index (χ0) is 15.5. The molecule has 1 aromatic carbocycles. The molecule has 7 heteroatoms. The third-order valence-electron chi connectivity index (χ3n) is 3.02. The summed E-state index contributed by atoms with van der Waals surface area (Å²) in [6.45, 7) is 2.32.